The zero-order chi connectivity index (χ0) is 14.2. The number of hydrogen-bond donors (Lipinski definition) is 0. The molecule has 0 aliphatic heterocycles. The van der Waals surface area contributed by atoms with E-state index in [2.05, 4.69) is 36.4 Å². The molecule has 0 aliphatic carbocycles. The molecule has 1 atom stereocenters. The van der Waals surface area contributed by atoms with E-state index in [1.807, 2.05) is 24.3 Å². The Hall–Kier alpha value is -1.30. The van der Waals surface area contributed by atoms with Crippen molar-refractivity contribution in [3.05, 3.63) is 66.2 Å². The van der Waals surface area contributed by atoms with Gasteiger partial charge < -0.3 is 0 Å². The summed E-state index contributed by atoms with van der Waals surface area (Å²) < 4.78 is 7.85. The van der Waals surface area contributed by atoms with Crippen LogP contribution in [-0.2, 0) is 16.0 Å². The summed E-state index contributed by atoms with van der Waals surface area (Å²) in [6.07, 6.45) is 0.801. The number of carbonyl (C=O) groups excluding carboxylic acids is 1. The summed E-state index contributed by atoms with van der Waals surface area (Å²) in [6.45, 7) is 1.49. The van der Waals surface area contributed by atoms with Crippen molar-refractivity contribution in [2.45, 2.75) is 23.9 Å². The standard InChI is InChI=1S/C17H18O2Te/c1-14(18)19-16(12-15-8-4-2-5-9-15)13-20-17-10-6-3-7-11-17/h2-11,16H,12-13H2,1H3. The average Bonchev–Trinajstić information content (AvgIpc) is 2.46. The van der Waals surface area contributed by atoms with Gasteiger partial charge in [0.15, 0.2) is 0 Å². The van der Waals surface area contributed by atoms with E-state index in [1.54, 1.807) is 0 Å². The van der Waals surface area contributed by atoms with Crippen molar-refractivity contribution in [2.75, 3.05) is 0 Å². The van der Waals surface area contributed by atoms with E-state index in [1.165, 1.54) is 16.1 Å². The maximum absolute atomic E-state index is 11.2. The van der Waals surface area contributed by atoms with Crippen molar-refractivity contribution >= 4 is 30.5 Å². The predicted octanol–water partition coefficient (Wildman–Crippen LogP) is 2.61. The van der Waals surface area contributed by atoms with E-state index < -0.39 is 0 Å². The normalized spacial score (nSPS) is 11.8. The Kier molecular flexibility index (Phi) is 6.11. The Labute approximate surface area is 130 Å². The average molecular weight is 382 g/mol. The first-order valence-electron chi connectivity index (χ1n) is 6.63. The molecule has 2 aromatic rings. The fourth-order valence-electron chi connectivity index (χ4n) is 1.95. The van der Waals surface area contributed by atoms with Gasteiger partial charge in [-0.1, -0.05) is 0 Å². The van der Waals surface area contributed by atoms with E-state index in [-0.39, 0.29) is 33.0 Å². The number of benzene rings is 2. The second kappa shape index (κ2) is 8.09. The zero-order valence-electron chi connectivity index (χ0n) is 11.5. The van der Waals surface area contributed by atoms with Gasteiger partial charge in [0.25, 0.3) is 0 Å². The van der Waals surface area contributed by atoms with Crippen LogP contribution < -0.4 is 3.61 Å². The first-order chi connectivity index (χ1) is 9.74. The van der Waals surface area contributed by atoms with Gasteiger partial charge in [-0.2, -0.15) is 0 Å². The third-order valence-corrected chi connectivity index (χ3v) is 6.08. The molecule has 20 heavy (non-hydrogen) atoms. The molecule has 0 aromatic heterocycles. The van der Waals surface area contributed by atoms with E-state index in [4.69, 9.17) is 4.74 Å². The Morgan fingerprint density at radius 1 is 1.05 bits per heavy atom. The Morgan fingerprint density at radius 2 is 1.65 bits per heavy atom. The number of carbonyl (C=O) groups is 1. The van der Waals surface area contributed by atoms with Crippen molar-refractivity contribution in [1.82, 2.24) is 0 Å². The van der Waals surface area contributed by atoms with Crippen LogP contribution in [0.1, 0.15) is 12.5 Å². The van der Waals surface area contributed by atoms with Gasteiger partial charge in [0.2, 0.25) is 0 Å². The molecular formula is C17H18O2Te. The van der Waals surface area contributed by atoms with Crippen LogP contribution >= 0.6 is 0 Å². The molecule has 0 radical (unpaired) electrons. The molecule has 0 heterocycles. The molecule has 2 aromatic carbocycles. The van der Waals surface area contributed by atoms with Crippen LogP contribution in [0, 0.1) is 0 Å². The second-order valence-corrected chi connectivity index (χ2v) is 7.67. The third-order valence-electron chi connectivity index (χ3n) is 2.82. The topological polar surface area (TPSA) is 26.3 Å². The molecule has 0 bridgehead atoms. The van der Waals surface area contributed by atoms with Crippen molar-refractivity contribution in [3.63, 3.8) is 0 Å². The summed E-state index contributed by atoms with van der Waals surface area (Å²) in [4.78, 5) is 11.2. The van der Waals surface area contributed by atoms with Gasteiger partial charge >= 0.3 is 130 Å². The van der Waals surface area contributed by atoms with Crippen LogP contribution in [0.2, 0.25) is 4.47 Å². The number of rotatable bonds is 6. The molecule has 2 nitrogen and oxygen atoms in total. The molecule has 0 saturated carbocycles. The molecule has 1 unspecified atom stereocenters. The van der Waals surface area contributed by atoms with Crippen molar-refractivity contribution < 1.29 is 9.53 Å². The molecule has 0 fully saturated rings. The van der Waals surface area contributed by atoms with Gasteiger partial charge in [-0.25, -0.2) is 0 Å². The molecular weight excluding hydrogens is 364 g/mol. The first kappa shape index (κ1) is 15.1. The summed E-state index contributed by atoms with van der Waals surface area (Å²) in [7, 11) is 0. The van der Waals surface area contributed by atoms with Crippen molar-refractivity contribution in [1.29, 1.82) is 0 Å². The monoisotopic (exact) mass is 384 g/mol. The summed E-state index contributed by atoms with van der Waals surface area (Å²) in [5, 5.41) is 0. The summed E-state index contributed by atoms with van der Waals surface area (Å²) in [5.74, 6) is -0.188. The second-order valence-electron chi connectivity index (χ2n) is 4.55. The first-order valence-corrected chi connectivity index (χ1v) is 9.44. The van der Waals surface area contributed by atoms with Gasteiger partial charge in [-0.05, 0) is 0 Å². The van der Waals surface area contributed by atoms with Crippen LogP contribution in [0.15, 0.2) is 60.7 Å². The molecule has 3 heteroatoms. The molecule has 0 spiro atoms. The molecule has 104 valence electrons. The van der Waals surface area contributed by atoms with E-state index in [0.717, 1.165) is 10.9 Å². The summed E-state index contributed by atoms with van der Waals surface area (Å²) >= 11 is -0.311. The van der Waals surface area contributed by atoms with Gasteiger partial charge in [-0.15, -0.1) is 0 Å². The van der Waals surface area contributed by atoms with Crippen molar-refractivity contribution in [3.8, 4) is 0 Å². The number of ether oxygens (including phenoxy) is 1. The summed E-state index contributed by atoms with van der Waals surface area (Å²) in [5.41, 5.74) is 1.22. The Balaban J connectivity index is 1.95. The SMILES string of the molecule is CC(=O)OC(C[Te]c1ccccc1)Cc1ccccc1. The maximum atomic E-state index is 11.2. The van der Waals surface area contributed by atoms with E-state index >= 15 is 0 Å². The molecule has 0 amide bonds. The van der Waals surface area contributed by atoms with Crippen LogP contribution in [-0.4, -0.2) is 33.0 Å². The van der Waals surface area contributed by atoms with E-state index in [9.17, 15) is 4.79 Å². The van der Waals surface area contributed by atoms with Gasteiger partial charge in [0.1, 0.15) is 0 Å². The molecule has 0 saturated heterocycles. The van der Waals surface area contributed by atoms with Crippen LogP contribution in [0.4, 0.5) is 0 Å². The quantitative estimate of drug-likeness (QED) is 0.568. The number of hydrogen-bond acceptors (Lipinski definition) is 2. The van der Waals surface area contributed by atoms with Crippen LogP contribution in [0.25, 0.3) is 0 Å². The molecule has 0 aliphatic rings. The fourth-order valence-corrected chi connectivity index (χ4v) is 4.56. The van der Waals surface area contributed by atoms with Crippen LogP contribution in [0.3, 0.4) is 0 Å². The van der Waals surface area contributed by atoms with Crippen LogP contribution in [0.5, 0.6) is 0 Å². The minimum atomic E-state index is -0.311. The zero-order valence-corrected chi connectivity index (χ0v) is 13.8. The molecule has 2 rings (SSSR count). The Morgan fingerprint density at radius 3 is 2.25 bits per heavy atom. The van der Waals surface area contributed by atoms with Gasteiger partial charge in [0.05, 0.1) is 0 Å². The van der Waals surface area contributed by atoms with E-state index in [0.29, 0.717) is 0 Å². The van der Waals surface area contributed by atoms with Gasteiger partial charge in [0, 0.05) is 0 Å². The predicted molar refractivity (Wildman–Crippen MR) is 82.3 cm³/mol. The Bertz CT molecular complexity index is 525. The number of esters is 1. The third kappa shape index (κ3) is 5.36. The summed E-state index contributed by atoms with van der Waals surface area (Å²) in [6, 6.07) is 20.7. The minimum absolute atomic E-state index is 0.00231. The fraction of sp³-hybridized carbons (Fsp3) is 0.235. The van der Waals surface area contributed by atoms with Gasteiger partial charge in [-0.3, -0.25) is 0 Å². The molecule has 0 N–H and O–H groups in total. The van der Waals surface area contributed by atoms with Crippen molar-refractivity contribution in [2.24, 2.45) is 0 Å².